The van der Waals surface area contributed by atoms with E-state index in [0.29, 0.717) is 5.76 Å². The van der Waals surface area contributed by atoms with Crippen LogP contribution >= 0.6 is 0 Å². The van der Waals surface area contributed by atoms with Crippen LogP contribution in [0.4, 0.5) is 6.01 Å². The minimum Gasteiger partial charge on any atom is -0.424 e. The summed E-state index contributed by atoms with van der Waals surface area (Å²) in [6.07, 6.45) is 1.64. The SMILES string of the molecule is Cc1cccc(-c2cccc(-c3cnc(N)o3)c2)c1. The third-order valence-electron chi connectivity index (χ3n) is 3.02. The molecule has 0 atom stereocenters. The van der Waals surface area contributed by atoms with Gasteiger partial charge in [0.1, 0.15) is 0 Å². The first-order valence-corrected chi connectivity index (χ1v) is 6.11. The number of rotatable bonds is 2. The van der Waals surface area contributed by atoms with Gasteiger partial charge in [-0.1, -0.05) is 48.0 Å². The van der Waals surface area contributed by atoms with Gasteiger partial charge in [-0.15, -0.1) is 0 Å². The maximum Gasteiger partial charge on any atom is 0.292 e. The fourth-order valence-corrected chi connectivity index (χ4v) is 2.10. The third-order valence-corrected chi connectivity index (χ3v) is 3.02. The lowest BCUT2D eigenvalue weighted by atomic mass is 10.0. The van der Waals surface area contributed by atoms with E-state index in [-0.39, 0.29) is 6.01 Å². The highest BCUT2D eigenvalue weighted by atomic mass is 16.4. The highest BCUT2D eigenvalue weighted by Gasteiger charge is 2.06. The molecular formula is C16H14N2O. The van der Waals surface area contributed by atoms with Crippen LogP contribution in [0.1, 0.15) is 5.56 Å². The normalized spacial score (nSPS) is 10.6. The van der Waals surface area contributed by atoms with Crippen LogP contribution in [0.15, 0.2) is 59.1 Å². The average molecular weight is 250 g/mol. The predicted molar refractivity (Wildman–Crippen MR) is 76.5 cm³/mol. The van der Waals surface area contributed by atoms with Gasteiger partial charge in [0, 0.05) is 5.56 Å². The zero-order chi connectivity index (χ0) is 13.2. The van der Waals surface area contributed by atoms with Crippen LogP contribution in [0.3, 0.4) is 0 Å². The summed E-state index contributed by atoms with van der Waals surface area (Å²) in [6, 6.07) is 16.7. The van der Waals surface area contributed by atoms with E-state index in [1.807, 2.05) is 12.1 Å². The van der Waals surface area contributed by atoms with Gasteiger partial charge in [-0.3, -0.25) is 0 Å². The molecule has 0 spiro atoms. The van der Waals surface area contributed by atoms with Crippen molar-refractivity contribution in [1.82, 2.24) is 4.98 Å². The van der Waals surface area contributed by atoms with Crippen molar-refractivity contribution in [2.45, 2.75) is 6.92 Å². The van der Waals surface area contributed by atoms with Crippen LogP contribution in [0.5, 0.6) is 0 Å². The Morgan fingerprint density at radius 1 is 0.947 bits per heavy atom. The Hall–Kier alpha value is -2.55. The largest absolute Gasteiger partial charge is 0.424 e. The Balaban J connectivity index is 2.05. The summed E-state index contributed by atoms with van der Waals surface area (Å²) in [5.74, 6) is 0.687. The Morgan fingerprint density at radius 2 is 1.63 bits per heavy atom. The van der Waals surface area contributed by atoms with Gasteiger partial charge in [0.15, 0.2) is 5.76 Å². The molecule has 3 aromatic rings. The molecule has 0 aliphatic heterocycles. The number of benzene rings is 2. The van der Waals surface area contributed by atoms with Gasteiger partial charge >= 0.3 is 0 Å². The number of anilines is 1. The van der Waals surface area contributed by atoms with E-state index in [4.69, 9.17) is 10.2 Å². The molecule has 0 amide bonds. The maximum atomic E-state index is 5.51. The summed E-state index contributed by atoms with van der Waals surface area (Å²) in [6.45, 7) is 2.09. The second kappa shape index (κ2) is 4.61. The summed E-state index contributed by atoms with van der Waals surface area (Å²) in [4.78, 5) is 3.92. The van der Waals surface area contributed by atoms with Crippen molar-refractivity contribution in [3.05, 3.63) is 60.3 Å². The van der Waals surface area contributed by atoms with Gasteiger partial charge in [0.2, 0.25) is 0 Å². The average Bonchev–Trinajstić information content (AvgIpc) is 2.86. The van der Waals surface area contributed by atoms with Crippen molar-refractivity contribution in [3.8, 4) is 22.5 Å². The van der Waals surface area contributed by atoms with E-state index in [9.17, 15) is 0 Å². The molecule has 2 N–H and O–H groups in total. The first kappa shape index (κ1) is 11.5. The molecule has 0 bridgehead atoms. The molecule has 0 unspecified atom stereocenters. The Bertz CT molecular complexity index is 716. The second-order valence-electron chi connectivity index (χ2n) is 4.51. The Kier molecular flexibility index (Phi) is 2.80. The van der Waals surface area contributed by atoms with Crippen molar-refractivity contribution >= 4 is 6.01 Å². The Morgan fingerprint density at radius 3 is 2.32 bits per heavy atom. The van der Waals surface area contributed by atoms with Crippen LogP contribution in [-0.4, -0.2) is 4.98 Å². The van der Waals surface area contributed by atoms with Crippen molar-refractivity contribution in [1.29, 1.82) is 0 Å². The van der Waals surface area contributed by atoms with Crippen molar-refractivity contribution in [2.75, 3.05) is 5.73 Å². The van der Waals surface area contributed by atoms with Gasteiger partial charge in [-0.05, 0) is 24.1 Å². The van der Waals surface area contributed by atoms with Gasteiger partial charge < -0.3 is 10.2 Å². The molecule has 0 aliphatic rings. The molecule has 19 heavy (non-hydrogen) atoms. The van der Waals surface area contributed by atoms with E-state index in [1.165, 1.54) is 11.1 Å². The van der Waals surface area contributed by atoms with Crippen molar-refractivity contribution in [2.24, 2.45) is 0 Å². The number of hydrogen-bond acceptors (Lipinski definition) is 3. The lowest BCUT2D eigenvalue weighted by Crippen LogP contribution is -1.81. The standard InChI is InChI=1S/C16H14N2O/c1-11-4-2-5-12(8-11)13-6-3-7-14(9-13)15-10-18-16(17)19-15/h2-10H,1H3,(H2,17,18). The number of aromatic nitrogens is 1. The molecule has 0 fully saturated rings. The third kappa shape index (κ3) is 2.36. The zero-order valence-corrected chi connectivity index (χ0v) is 10.6. The van der Waals surface area contributed by atoms with Gasteiger partial charge in [0.25, 0.3) is 6.01 Å². The van der Waals surface area contributed by atoms with Crippen LogP contribution in [-0.2, 0) is 0 Å². The lowest BCUT2D eigenvalue weighted by Gasteiger charge is -2.04. The van der Waals surface area contributed by atoms with Gasteiger partial charge in [-0.25, -0.2) is 4.98 Å². The van der Waals surface area contributed by atoms with Crippen LogP contribution in [0.25, 0.3) is 22.5 Å². The number of hydrogen-bond donors (Lipinski definition) is 1. The topological polar surface area (TPSA) is 52.0 Å². The number of nitrogen functional groups attached to an aromatic ring is 1. The molecule has 94 valence electrons. The monoisotopic (exact) mass is 250 g/mol. The number of nitrogens with zero attached hydrogens (tertiary/aromatic N) is 1. The van der Waals surface area contributed by atoms with E-state index in [2.05, 4.69) is 48.3 Å². The molecule has 1 aromatic heterocycles. The van der Waals surface area contributed by atoms with Crippen LogP contribution in [0.2, 0.25) is 0 Å². The van der Waals surface area contributed by atoms with E-state index in [1.54, 1.807) is 6.20 Å². The number of nitrogens with two attached hydrogens (primary N) is 1. The van der Waals surface area contributed by atoms with E-state index in [0.717, 1.165) is 11.1 Å². The summed E-state index contributed by atoms with van der Waals surface area (Å²) >= 11 is 0. The molecule has 0 saturated heterocycles. The quantitative estimate of drug-likeness (QED) is 0.750. The lowest BCUT2D eigenvalue weighted by molar-refractivity contribution is 0.595. The summed E-state index contributed by atoms with van der Waals surface area (Å²) in [5.41, 5.74) is 10.1. The van der Waals surface area contributed by atoms with Crippen LogP contribution in [0, 0.1) is 6.92 Å². The second-order valence-corrected chi connectivity index (χ2v) is 4.51. The minimum atomic E-state index is 0.191. The molecule has 2 aromatic carbocycles. The molecule has 3 heteroatoms. The minimum absolute atomic E-state index is 0.191. The zero-order valence-electron chi connectivity index (χ0n) is 10.6. The predicted octanol–water partition coefficient (Wildman–Crippen LogP) is 3.90. The fourth-order valence-electron chi connectivity index (χ4n) is 2.10. The van der Waals surface area contributed by atoms with Gasteiger partial charge in [0.05, 0.1) is 6.20 Å². The molecule has 0 saturated carbocycles. The van der Waals surface area contributed by atoms with Crippen molar-refractivity contribution in [3.63, 3.8) is 0 Å². The smallest absolute Gasteiger partial charge is 0.292 e. The maximum absolute atomic E-state index is 5.51. The molecule has 3 rings (SSSR count). The molecule has 1 heterocycles. The summed E-state index contributed by atoms with van der Waals surface area (Å²) in [5, 5.41) is 0. The van der Waals surface area contributed by atoms with Gasteiger partial charge in [-0.2, -0.15) is 0 Å². The van der Waals surface area contributed by atoms with Crippen molar-refractivity contribution < 1.29 is 4.42 Å². The number of oxazole rings is 1. The number of aryl methyl sites for hydroxylation is 1. The van der Waals surface area contributed by atoms with Crippen LogP contribution < -0.4 is 5.73 Å². The molecule has 0 radical (unpaired) electrons. The van der Waals surface area contributed by atoms with E-state index < -0.39 is 0 Å². The highest BCUT2D eigenvalue weighted by molar-refractivity contribution is 5.71. The molecule has 3 nitrogen and oxygen atoms in total. The first-order chi connectivity index (χ1) is 9.22. The van der Waals surface area contributed by atoms with E-state index >= 15 is 0 Å². The molecule has 0 aliphatic carbocycles. The molecular weight excluding hydrogens is 236 g/mol. The Labute approximate surface area is 111 Å². The summed E-state index contributed by atoms with van der Waals surface area (Å²) < 4.78 is 5.35. The highest BCUT2D eigenvalue weighted by Crippen LogP contribution is 2.27. The first-order valence-electron chi connectivity index (χ1n) is 6.11. The summed E-state index contributed by atoms with van der Waals surface area (Å²) in [7, 11) is 0. The fraction of sp³-hybridized carbons (Fsp3) is 0.0625.